The van der Waals surface area contributed by atoms with Crippen molar-refractivity contribution in [3.8, 4) is 0 Å². The van der Waals surface area contributed by atoms with Crippen LogP contribution in [0.4, 0.5) is 15.8 Å². The van der Waals surface area contributed by atoms with Gasteiger partial charge in [-0.25, -0.2) is 4.39 Å². The quantitative estimate of drug-likeness (QED) is 0.833. The summed E-state index contributed by atoms with van der Waals surface area (Å²) in [5.74, 6) is -1.98. The van der Waals surface area contributed by atoms with Crippen LogP contribution in [-0.4, -0.2) is 29.2 Å². The topological polar surface area (TPSA) is 78.5 Å². The van der Waals surface area contributed by atoms with Gasteiger partial charge in [0.1, 0.15) is 5.82 Å². The SMILES string of the molecule is CC(=O)Nc1ccc(F)c(NC(=O)C2CC(=O)N(Cc3ccc(C)cc3)C2)c1. The molecule has 28 heavy (non-hydrogen) atoms. The lowest BCUT2D eigenvalue weighted by atomic mass is 10.1. The fraction of sp³-hybridized carbons (Fsp3) is 0.286. The number of hydrogen-bond donors (Lipinski definition) is 2. The molecule has 3 rings (SSSR count). The molecule has 1 atom stereocenters. The predicted octanol–water partition coefficient (Wildman–Crippen LogP) is 3.08. The lowest BCUT2D eigenvalue weighted by Crippen LogP contribution is -2.28. The second-order valence-electron chi connectivity index (χ2n) is 7.03. The molecule has 1 aliphatic rings. The van der Waals surface area contributed by atoms with Gasteiger partial charge in [-0.3, -0.25) is 14.4 Å². The second kappa shape index (κ2) is 8.21. The molecular weight excluding hydrogens is 361 g/mol. The monoisotopic (exact) mass is 383 g/mol. The highest BCUT2D eigenvalue weighted by Gasteiger charge is 2.34. The van der Waals surface area contributed by atoms with E-state index in [1.807, 2.05) is 31.2 Å². The third-order valence-electron chi connectivity index (χ3n) is 4.62. The summed E-state index contributed by atoms with van der Waals surface area (Å²) < 4.78 is 14.0. The number of nitrogens with zero attached hydrogens (tertiary/aromatic N) is 1. The molecule has 0 bridgehead atoms. The third-order valence-corrected chi connectivity index (χ3v) is 4.62. The zero-order valence-electron chi connectivity index (χ0n) is 15.8. The van der Waals surface area contributed by atoms with Crippen molar-refractivity contribution in [2.45, 2.75) is 26.8 Å². The molecule has 1 fully saturated rings. The van der Waals surface area contributed by atoms with Crippen LogP contribution in [0.1, 0.15) is 24.5 Å². The Morgan fingerprint density at radius 3 is 2.54 bits per heavy atom. The lowest BCUT2D eigenvalue weighted by Gasteiger charge is -2.17. The largest absolute Gasteiger partial charge is 0.338 e. The molecule has 2 N–H and O–H groups in total. The fourth-order valence-electron chi connectivity index (χ4n) is 3.15. The molecule has 1 aliphatic heterocycles. The Bertz CT molecular complexity index is 912. The smallest absolute Gasteiger partial charge is 0.229 e. The first-order valence-electron chi connectivity index (χ1n) is 9.03. The summed E-state index contributed by atoms with van der Waals surface area (Å²) >= 11 is 0. The summed E-state index contributed by atoms with van der Waals surface area (Å²) in [5, 5.41) is 5.08. The average molecular weight is 383 g/mol. The summed E-state index contributed by atoms with van der Waals surface area (Å²) in [6, 6.07) is 11.8. The standard InChI is InChI=1S/C21H22FN3O3/c1-13-3-5-15(6-4-13)11-25-12-16(9-20(25)27)21(28)24-19-10-17(23-14(2)26)7-8-18(19)22/h3-8,10,16H,9,11-12H2,1-2H3,(H,23,26)(H,24,28). The molecule has 0 aliphatic carbocycles. The number of carbonyl (C=O) groups excluding carboxylic acids is 3. The maximum atomic E-state index is 14.0. The molecule has 0 radical (unpaired) electrons. The molecule has 2 aromatic carbocycles. The summed E-state index contributed by atoms with van der Waals surface area (Å²) in [4.78, 5) is 37.6. The number of amides is 3. The van der Waals surface area contributed by atoms with E-state index < -0.39 is 17.6 Å². The maximum Gasteiger partial charge on any atom is 0.229 e. The first kappa shape index (κ1) is 19.5. The van der Waals surface area contributed by atoms with Crippen LogP contribution in [0.2, 0.25) is 0 Å². The van der Waals surface area contributed by atoms with Gasteiger partial charge in [-0.2, -0.15) is 0 Å². The van der Waals surface area contributed by atoms with Gasteiger partial charge in [-0.05, 0) is 30.7 Å². The van der Waals surface area contributed by atoms with Gasteiger partial charge in [0.2, 0.25) is 17.7 Å². The predicted molar refractivity (Wildman–Crippen MR) is 104 cm³/mol. The summed E-state index contributed by atoms with van der Waals surface area (Å²) in [5.41, 5.74) is 2.49. The lowest BCUT2D eigenvalue weighted by molar-refractivity contribution is -0.128. The molecule has 0 spiro atoms. The first-order chi connectivity index (χ1) is 13.3. The zero-order chi connectivity index (χ0) is 20.3. The van der Waals surface area contributed by atoms with E-state index in [1.165, 1.54) is 25.1 Å². The molecular formula is C21H22FN3O3. The molecule has 0 saturated carbocycles. The number of nitrogens with one attached hydrogen (secondary N) is 2. The molecule has 2 aromatic rings. The molecule has 1 heterocycles. The molecule has 7 heteroatoms. The van der Waals surface area contributed by atoms with Crippen molar-refractivity contribution < 1.29 is 18.8 Å². The van der Waals surface area contributed by atoms with Crippen molar-refractivity contribution in [2.24, 2.45) is 5.92 Å². The van der Waals surface area contributed by atoms with Crippen LogP contribution < -0.4 is 10.6 Å². The van der Waals surface area contributed by atoms with E-state index in [4.69, 9.17) is 0 Å². The van der Waals surface area contributed by atoms with E-state index in [-0.39, 0.29) is 30.5 Å². The van der Waals surface area contributed by atoms with Crippen LogP contribution in [0.5, 0.6) is 0 Å². The minimum atomic E-state index is -0.608. The Labute approximate surface area is 162 Å². The van der Waals surface area contributed by atoms with Crippen molar-refractivity contribution in [3.05, 3.63) is 59.4 Å². The van der Waals surface area contributed by atoms with E-state index >= 15 is 0 Å². The van der Waals surface area contributed by atoms with Gasteiger partial charge in [-0.15, -0.1) is 0 Å². The minimum absolute atomic E-state index is 0.0271. The number of rotatable bonds is 5. The van der Waals surface area contributed by atoms with E-state index in [9.17, 15) is 18.8 Å². The molecule has 146 valence electrons. The van der Waals surface area contributed by atoms with Crippen molar-refractivity contribution in [2.75, 3.05) is 17.2 Å². The Balaban J connectivity index is 1.64. The Kier molecular flexibility index (Phi) is 5.73. The van der Waals surface area contributed by atoms with Gasteiger partial charge in [0, 0.05) is 32.1 Å². The van der Waals surface area contributed by atoms with Crippen molar-refractivity contribution in [1.29, 1.82) is 0 Å². The van der Waals surface area contributed by atoms with E-state index in [2.05, 4.69) is 10.6 Å². The normalized spacial score (nSPS) is 16.2. The number of anilines is 2. The minimum Gasteiger partial charge on any atom is -0.338 e. The van der Waals surface area contributed by atoms with Crippen LogP contribution >= 0.6 is 0 Å². The highest BCUT2D eigenvalue weighted by atomic mass is 19.1. The molecule has 6 nitrogen and oxygen atoms in total. The number of carbonyl (C=O) groups is 3. The number of likely N-dealkylation sites (tertiary alicyclic amines) is 1. The van der Waals surface area contributed by atoms with Gasteiger partial charge in [0.15, 0.2) is 0 Å². The van der Waals surface area contributed by atoms with Gasteiger partial charge in [0.05, 0.1) is 11.6 Å². The third kappa shape index (κ3) is 4.73. The van der Waals surface area contributed by atoms with Crippen molar-refractivity contribution in [3.63, 3.8) is 0 Å². The number of halogens is 1. The Morgan fingerprint density at radius 1 is 1.14 bits per heavy atom. The van der Waals surface area contributed by atoms with Crippen LogP contribution in [0.15, 0.2) is 42.5 Å². The fourth-order valence-corrected chi connectivity index (χ4v) is 3.15. The summed E-state index contributed by atoms with van der Waals surface area (Å²) in [6.07, 6.45) is 0.0880. The molecule has 3 amide bonds. The van der Waals surface area contributed by atoms with Crippen LogP contribution in [0, 0.1) is 18.7 Å². The van der Waals surface area contributed by atoms with E-state index in [0.717, 1.165) is 11.1 Å². The van der Waals surface area contributed by atoms with Crippen LogP contribution in [0.3, 0.4) is 0 Å². The van der Waals surface area contributed by atoms with Crippen molar-refractivity contribution >= 4 is 29.1 Å². The van der Waals surface area contributed by atoms with Crippen LogP contribution in [-0.2, 0) is 20.9 Å². The van der Waals surface area contributed by atoms with Gasteiger partial charge < -0.3 is 15.5 Å². The number of aryl methyl sites for hydroxylation is 1. The highest BCUT2D eigenvalue weighted by Crippen LogP contribution is 2.24. The average Bonchev–Trinajstić information content (AvgIpc) is 3.00. The molecule has 0 aromatic heterocycles. The highest BCUT2D eigenvalue weighted by molar-refractivity contribution is 5.98. The maximum absolute atomic E-state index is 14.0. The Morgan fingerprint density at radius 2 is 1.86 bits per heavy atom. The van der Waals surface area contributed by atoms with Crippen LogP contribution in [0.25, 0.3) is 0 Å². The summed E-state index contributed by atoms with van der Waals surface area (Å²) in [6.45, 7) is 4.06. The van der Waals surface area contributed by atoms with Crippen molar-refractivity contribution in [1.82, 2.24) is 4.90 Å². The molecule has 1 unspecified atom stereocenters. The zero-order valence-corrected chi connectivity index (χ0v) is 15.8. The van der Waals surface area contributed by atoms with E-state index in [0.29, 0.717) is 12.2 Å². The van der Waals surface area contributed by atoms with Gasteiger partial charge >= 0.3 is 0 Å². The van der Waals surface area contributed by atoms with Gasteiger partial charge in [-0.1, -0.05) is 29.8 Å². The molecule has 1 saturated heterocycles. The second-order valence-corrected chi connectivity index (χ2v) is 7.03. The first-order valence-corrected chi connectivity index (χ1v) is 9.03. The summed E-state index contributed by atoms with van der Waals surface area (Å²) in [7, 11) is 0. The number of benzene rings is 2. The van der Waals surface area contributed by atoms with Gasteiger partial charge in [0.25, 0.3) is 0 Å². The Hall–Kier alpha value is -3.22. The van der Waals surface area contributed by atoms with E-state index in [1.54, 1.807) is 4.90 Å². The number of hydrogen-bond acceptors (Lipinski definition) is 3.